The van der Waals surface area contributed by atoms with E-state index in [1.54, 1.807) is 17.0 Å². The van der Waals surface area contributed by atoms with Crippen molar-refractivity contribution in [3.05, 3.63) is 28.8 Å². The number of carbonyl (C=O) groups is 1. The minimum atomic E-state index is -0.0200. The third kappa shape index (κ3) is 2.89. The van der Waals surface area contributed by atoms with E-state index in [9.17, 15) is 9.90 Å². The summed E-state index contributed by atoms with van der Waals surface area (Å²) in [6, 6.07) is 4.87. The van der Waals surface area contributed by atoms with Crippen LogP contribution >= 0.6 is 11.6 Å². The molecule has 0 heterocycles. The van der Waals surface area contributed by atoms with Crippen LogP contribution in [-0.2, 0) is 11.2 Å². The number of phenolic OH excluding ortho intramolecular Hbond substituents is 1. The number of likely N-dealkylation sites (N-methyl/N-ethyl adjacent to an activating group) is 1. The van der Waals surface area contributed by atoms with Crippen LogP contribution in [0.15, 0.2) is 18.2 Å². The molecular formula is C12H16ClNO2. The lowest BCUT2D eigenvalue weighted by atomic mass is 10.1. The first-order chi connectivity index (χ1) is 7.60. The standard InChI is InChI=1S/C12H16ClNO2/c1-3-14(4-2)12(16)8-9-10(13)6-5-7-11(9)15/h5-7,15H,3-4,8H2,1-2H3. The van der Waals surface area contributed by atoms with E-state index in [0.29, 0.717) is 23.7 Å². The molecule has 0 radical (unpaired) electrons. The lowest BCUT2D eigenvalue weighted by Crippen LogP contribution is -2.31. The Balaban J connectivity index is 2.84. The van der Waals surface area contributed by atoms with Gasteiger partial charge in [0.05, 0.1) is 6.42 Å². The third-order valence-corrected chi connectivity index (χ3v) is 2.89. The summed E-state index contributed by atoms with van der Waals surface area (Å²) in [5.74, 6) is 0.0569. The summed E-state index contributed by atoms with van der Waals surface area (Å²) in [6.07, 6.45) is 0.146. The molecule has 0 saturated heterocycles. The predicted molar refractivity (Wildman–Crippen MR) is 64.7 cm³/mol. The quantitative estimate of drug-likeness (QED) is 0.880. The zero-order valence-corrected chi connectivity index (χ0v) is 10.3. The van der Waals surface area contributed by atoms with Crippen LogP contribution in [0.4, 0.5) is 0 Å². The summed E-state index contributed by atoms with van der Waals surface area (Å²) in [5, 5.41) is 10.0. The monoisotopic (exact) mass is 241 g/mol. The number of nitrogens with zero attached hydrogens (tertiary/aromatic N) is 1. The van der Waals surface area contributed by atoms with Gasteiger partial charge in [-0.15, -0.1) is 0 Å². The van der Waals surface area contributed by atoms with Crippen molar-refractivity contribution in [2.24, 2.45) is 0 Å². The number of phenols is 1. The number of rotatable bonds is 4. The van der Waals surface area contributed by atoms with Gasteiger partial charge in [0.2, 0.25) is 5.91 Å². The van der Waals surface area contributed by atoms with Gasteiger partial charge >= 0.3 is 0 Å². The molecule has 88 valence electrons. The topological polar surface area (TPSA) is 40.5 Å². The first-order valence-electron chi connectivity index (χ1n) is 5.34. The van der Waals surface area contributed by atoms with Gasteiger partial charge in [-0.1, -0.05) is 17.7 Å². The fourth-order valence-electron chi connectivity index (χ4n) is 1.56. The molecule has 0 spiro atoms. The van der Waals surface area contributed by atoms with Gasteiger partial charge in [-0.05, 0) is 26.0 Å². The average molecular weight is 242 g/mol. The molecule has 1 amide bonds. The number of carbonyl (C=O) groups excluding carboxylic acids is 1. The molecule has 16 heavy (non-hydrogen) atoms. The maximum Gasteiger partial charge on any atom is 0.227 e. The Morgan fingerprint density at radius 2 is 2.00 bits per heavy atom. The molecule has 0 fully saturated rings. The number of benzene rings is 1. The molecule has 0 aromatic heterocycles. The highest BCUT2D eigenvalue weighted by Crippen LogP contribution is 2.25. The zero-order chi connectivity index (χ0) is 12.1. The number of hydrogen-bond donors (Lipinski definition) is 1. The zero-order valence-electron chi connectivity index (χ0n) is 9.53. The summed E-state index contributed by atoms with van der Waals surface area (Å²) in [4.78, 5) is 13.5. The van der Waals surface area contributed by atoms with Crippen LogP contribution in [0.5, 0.6) is 5.75 Å². The molecule has 1 aromatic carbocycles. The van der Waals surface area contributed by atoms with Gasteiger partial charge in [-0.3, -0.25) is 4.79 Å². The first-order valence-corrected chi connectivity index (χ1v) is 5.72. The molecule has 1 rings (SSSR count). The highest BCUT2D eigenvalue weighted by atomic mass is 35.5. The summed E-state index contributed by atoms with van der Waals surface area (Å²) in [6.45, 7) is 5.18. The summed E-state index contributed by atoms with van der Waals surface area (Å²) in [7, 11) is 0. The first kappa shape index (κ1) is 12.8. The predicted octanol–water partition coefficient (Wildman–Crippen LogP) is 2.46. The van der Waals surface area contributed by atoms with E-state index >= 15 is 0 Å². The van der Waals surface area contributed by atoms with Crippen LogP contribution in [0.3, 0.4) is 0 Å². The maximum absolute atomic E-state index is 11.8. The minimum Gasteiger partial charge on any atom is -0.508 e. The van der Waals surface area contributed by atoms with Crippen molar-refractivity contribution in [2.45, 2.75) is 20.3 Å². The van der Waals surface area contributed by atoms with Crippen molar-refractivity contribution < 1.29 is 9.90 Å². The number of amides is 1. The van der Waals surface area contributed by atoms with E-state index in [0.717, 1.165) is 0 Å². The molecular weight excluding hydrogens is 226 g/mol. The highest BCUT2D eigenvalue weighted by Gasteiger charge is 2.14. The molecule has 0 aliphatic heterocycles. The van der Waals surface area contributed by atoms with Crippen molar-refractivity contribution >= 4 is 17.5 Å². The molecule has 4 heteroatoms. The van der Waals surface area contributed by atoms with Crippen LogP contribution in [0.1, 0.15) is 19.4 Å². The number of aromatic hydroxyl groups is 1. The molecule has 1 N–H and O–H groups in total. The molecule has 0 aliphatic rings. The number of halogens is 1. The second kappa shape index (κ2) is 5.75. The third-order valence-electron chi connectivity index (χ3n) is 2.54. The van der Waals surface area contributed by atoms with Gasteiger partial charge < -0.3 is 10.0 Å². The second-order valence-electron chi connectivity index (χ2n) is 3.48. The van der Waals surface area contributed by atoms with Crippen molar-refractivity contribution in [3.63, 3.8) is 0 Å². The van der Waals surface area contributed by atoms with Crippen molar-refractivity contribution in [1.29, 1.82) is 0 Å². The summed E-state index contributed by atoms with van der Waals surface area (Å²) < 4.78 is 0. The molecule has 0 saturated carbocycles. The Hall–Kier alpha value is -1.22. The SMILES string of the molecule is CCN(CC)C(=O)Cc1c(O)cccc1Cl. The molecule has 0 bridgehead atoms. The molecule has 0 unspecified atom stereocenters. The van der Waals surface area contributed by atoms with E-state index in [2.05, 4.69) is 0 Å². The Labute approximate surface area is 101 Å². The molecule has 0 aliphatic carbocycles. The van der Waals surface area contributed by atoms with Crippen LogP contribution in [0.25, 0.3) is 0 Å². The summed E-state index contributed by atoms with van der Waals surface area (Å²) in [5.41, 5.74) is 0.501. The van der Waals surface area contributed by atoms with Crippen LogP contribution in [0.2, 0.25) is 5.02 Å². The summed E-state index contributed by atoms with van der Waals surface area (Å²) >= 11 is 5.93. The van der Waals surface area contributed by atoms with Gasteiger partial charge in [0.15, 0.2) is 0 Å². The highest BCUT2D eigenvalue weighted by molar-refractivity contribution is 6.31. The van der Waals surface area contributed by atoms with Gasteiger partial charge in [0, 0.05) is 23.7 Å². The van der Waals surface area contributed by atoms with Crippen LogP contribution in [0, 0.1) is 0 Å². The van der Waals surface area contributed by atoms with Crippen molar-refractivity contribution in [1.82, 2.24) is 4.90 Å². The van der Waals surface area contributed by atoms with Gasteiger partial charge in [0.25, 0.3) is 0 Å². The Morgan fingerprint density at radius 1 is 1.38 bits per heavy atom. The lowest BCUT2D eigenvalue weighted by Gasteiger charge is -2.19. The van der Waals surface area contributed by atoms with Gasteiger partial charge in [0.1, 0.15) is 5.75 Å². The largest absolute Gasteiger partial charge is 0.508 e. The Bertz CT molecular complexity index is 355. The Morgan fingerprint density at radius 3 is 2.50 bits per heavy atom. The van der Waals surface area contributed by atoms with Crippen molar-refractivity contribution in [2.75, 3.05) is 13.1 Å². The van der Waals surface area contributed by atoms with Gasteiger partial charge in [-0.25, -0.2) is 0 Å². The van der Waals surface area contributed by atoms with E-state index < -0.39 is 0 Å². The van der Waals surface area contributed by atoms with E-state index in [1.165, 1.54) is 6.07 Å². The molecule has 3 nitrogen and oxygen atoms in total. The van der Waals surface area contributed by atoms with E-state index in [4.69, 9.17) is 11.6 Å². The van der Waals surface area contributed by atoms with Crippen LogP contribution in [-0.4, -0.2) is 29.0 Å². The fourth-order valence-corrected chi connectivity index (χ4v) is 1.80. The molecule has 1 aromatic rings. The lowest BCUT2D eigenvalue weighted by molar-refractivity contribution is -0.130. The normalized spacial score (nSPS) is 10.2. The minimum absolute atomic E-state index is 0.0200. The average Bonchev–Trinajstić information content (AvgIpc) is 2.25. The smallest absolute Gasteiger partial charge is 0.227 e. The van der Waals surface area contributed by atoms with E-state index in [-0.39, 0.29) is 18.1 Å². The van der Waals surface area contributed by atoms with Gasteiger partial charge in [-0.2, -0.15) is 0 Å². The second-order valence-corrected chi connectivity index (χ2v) is 3.89. The Kier molecular flexibility index (Phi) is 4.62. The van der Waals surface area contributed by atoms with Crippen LogP contribution < -0.4 is 0 Å². The fraction of sp³-hybridized carbons (Fsp3) is 0.417. The number of hydrogen-bond acceptors (Lipinski definition) is 2. The maximum atomic E-state index is 11.8. The van der Waals surface area contributed by atoms with E-state index in [1.807, 2.05) is 13.8 Å². The molecule has 0 atom stereocenters. The van der Waals surface area contributed by atoms with Crippen molar-refractivity contribution in [3.8, 4) is 5.75 Å².